The Morgan fingerprint density at radius 1 is 1.53 bits per heavy atom. The fourth-order valence-corrected chi connectivity index (χ4v) is 2.25. The van der Waals surface area contributed by atoms with Crippen LogP contribution in [0.2, 0.25) is 0 Å². The van der Waals surface area contributed by atoms with E-state index in [1.165, 1.54) is 13.2 Å². The van der Waals surface area contributed by atoms with Gasteiger partial charge in [-0.3, -0.25) is 0 Å². The molecule has 0 unspecified atom stereocenters. The maximum Gasteiger partial charge on any atom is 0.340 e. The van der Waals surface area contributed by atoms with Crippen molar-refractivity contribution in [1.82, 2.24) is 5.32 Å². The number of hydrogen-bond acceptors (Lipinski definition) is 3. The summed E-state index contributed by atoms with van der Waals surface area (Å²) in [6, 6.07) is 4.92. The largest absolute Gasteiger partial charge is 0.465 e. The second kappa shape index (κ2) is 5.27. The van der Waals surface area contributed by atoms with E-state index in [0.29, 0.717) is 5.56 Å². The van der Waals surface area contributed by atoms with Crippen molar-refractivity contribution >= 4 is 5.97 Å². The molecule has 1 atom stereocenters. The summed E-state index contributed by atoms with van der Waals surface area (Å²) in [7, 11) is 1.26. The third-order valence-electron chi connectivity index (χ3n) is 3.17. The highest BCUT2D eigenvalue weighted by atomic mass is 19.1. The Bertz CT molecular complexity index is 414. The van der Waals surface area contributed by atoms with E-state index in [1.54, 1.807) is 12.1 Å². The number of nitrogens with one attached hydrogen (secondary N) is 1. The SMILES string of the molecule is COC(=O)c1cccc([C@H]2CCCNC2)c1F. The van der Waals surface area contributed by atoms with Crippen molar-refractivity contribution in [2.24, 2.45) is 0 Å². The second-order valence-corrected chi connectivity index (χ2v) is 4.24. The fourth-order valence-electron chi connectivity index (χ4n) is 2.25. The van der Waals surface area contributed by atoms with Crippen molar-refractivity contribution in [3.05, 3.63) is 35.1 Å². The molecule has 0 aromatic heterocycles. The average Bonchev–Trinajstić information content (AvgIpc) is 2.39. The Morgan fingerprint density at radius 3 is 3.00 bits per heavy atom. The lowest BCUT2D eigenvalue weighted by Gasteiger charge is -2.23. The summed E-state index contributed by atoms with van der Waals surface area (Å²) in [5, 5.41) is 3.24. The third-order valence-corrected chi connectivity index (χ3v) is 3.17. The van der Waals surface area contributed by atoms with Crippen LogP contribution in [0.1, 0.15) is 34.7 Å². The normalized spacial score (nSPS) is 20.0. The highest BCUT2D eigenvalue weighted by Crippen LogP contribution is 2.27. The minimum absolute atomic E-state index is 0.0237. The van der Waals surface area contributed by atoms with Crippen LogP contribution >= 0.6 is 0 Å². The van der Waals surface area contributed by atoms with E-state index in [2.05, 4.69) is 10.1 Å². The highest BCUT2D eigenvalue weighted by molar-refractivity contribution is 5.89. The number of methoxy groups -OCH3 is 1. The molecule has 0 radical (unpaired) electrons. The zero-order valence-electron chi connectivity index (χ0n) is 9.83. The van der Waals surface area contributed by atoms with E-state index < -0.39 is 11.8 Å². The van der Waals surface area contributed by atoms with Gasteiger partial charge in [-0.15, -0.1) is 0 Å². The molecule has 0 saturated carbocycles. The van der Waals surface area contributed by atoms with Crippen molar-refractivity contribution in [2.75, 3.05) is 20.2 Å². The first-order valence-electron chi connectivity index (χ1n) is 5.81. The van der Waals surface area contributed by atoms with Crippen LogP contribution in [0.15, 0.2) is 18.2 Å². The van der Waals surface area contributed by atoms with Crippen LogP contribution < -0.4 is 5.32 Å². The molecule has 0 bridgehead atoms. The average molecular weight is 237 g/mol. The standard InChI is InChI=1S/C13H16FNO2/c1-17-13(16)11-6-2-5-10(12(11)14)9-4-3-7-15-8-9/h2,5-6,9,15H,3-4,7-8H2,1H3/t9-/m0/s1. The summed E-state index contributed by atoms with van der Waals surface area (Å²) in [5.41, 5.74) is 0.635. The monoisotopic (exact) mass is 237 g/mol. The molecule has 1 aliphatic heterocycles. The van der Waals surface area contributed by atoms with Crippen molar-refractivity contribution in [2.45, 2.75) is 18.8 Å². The van der Waals surface area contributed by atoms with E-state index >= 15 is 0 Å². The van der Waals surface area contributed by atoms with Crippen LogP contribution in [-0.2, 0) is 4.74 Å². The number of benzene rings is 1. The number of esters is 1. The molecule has 0 amide bonds. The van der Waals surface area contributed by atoms with E-state index in [0.717, 1.165) is 25.9 Å². The van der Waals surface area contributed by atoms with Gasteiger partial charge in [-0.1, -0.05) is 12.1 Å². The number of piperidine rings is 1. The molecule has 1 heterocycles. The van der Waals surface area contributed by atoms with Crippen molar-refractivity contribution in [1.29, 1.82) is 0 Å². The molecule has 17 heavy (non-hydrogen) atoms. The van der Waals surface area contributed by atoms with Gasteiger partial charge in [0.2, 0.25) is 0 Å². The summed E-state index contributed by atoms with van der Waals surface area (Å²) >= 11 is 0. The first-order valence-corrected chi connectivity index (χ1v) is 5.81. The topological polar surface area (TPSA) is 38.3 Å². The molecule has 1 fully saturated rings. The Hall–Kier alpha value is -1.42. The summed E-state index contributed by atoms with van der Waals surface area (Å²) < 4.78 is 18.7. The van der Waals surface area contributed by atoms with Gasteiger partial charge < -0.3 is 10.1 Å². The first kappa shape index (κ1) is 12.0. The Labute approximate surface area is 100.0 Å². The first-order chi connectivity index (χ1) is 8.24. The molecular formula is C13H16FNO2. The molecule has 1 N–H and O–H groups in total. The van der Waals surface area contributed by atoms with E-state index in [4.69, 9.17) is 0 Å². The zero-order chi connectivity index (χ0) is 12.3. The minimum Gasteiger partial charge on any atom is -0.465 e. The van der Waals surface area contributed by atoms with Crippen molar-refractivity contribution in [3.63, 3.8) is 0 Å². The van der Waals surface area contributed by atoms with Gasteiger partial charge in [-0.05, 0) is 36.9 Å². The van der Waals surface area contributed by atoms with Gasteiger partial charge in [0.15, 0.2) is 0 Å². The van der Waals surface area contributed by atoms with Crippen LogP contribution in [0.5, 0.6) is 0 Å². The molecule has 3 nitrogen and oxygen atoms in total. The lowest BCUT2D eigenvalue weighted by molar-refractivity contribution is 0.0595. The Kier molecular flexibility index (Phi) is 3.74. The molecule has 1 saturated heterocycles. The quantitative estimate of drug-likeness (QED) is 0.800. The molecule has 1 aromatic carbocycles. The fraction of sp³-hybridized carbons (Fsp3) is 0.462. The van der Waals surface area contributed by atoms with Gasteiger partial charge in [-0.2, -0.15) is 0 Å². The van der Waals surface area contributed by atoms with Gasteiger partial charge in [0.05, 0.1) is 12.7 Å². The summed E-state index contributed by atoms with van der Waals surface area (Å²) in [4.78, 5) is 11.4. The molecule has 0 aliphatic carbocycles. The number of rotatable bonds is 2. The van der Waals surface area contributed by atoms with Gasteiger partial charge >= 0.3 is 5.97 Å². The predicted molar refractivity (Wildman–Crippen MR) is 62.6 cm³/mol. The number of ether oxygens (including phenoxy) is 1. The van der Waals surface area contributed by atoms with Gasteiger partial charge in [0.1, 0.15) is 5.82 Å². The molecule has 4 heteroatoms. The van der Waals surface area contributed by atoms with Crippen molar-refractivity contribution < 1.29 is 13.9 Å². The van der Waals surface area contributed by atoms with Gasteiger partial charge in [0.25, 0.3) is 0 Å². The second-order valence-electron chi connectivity index (χ2n) is 4.24. The molecular weight excluding hydrogens is 221 g/mol. The highest BCUT2D eigenvalue weighted by Gasteiger charge is 2.22. The Balaban J connectivity index is 2.31. The lowest BCUT2D eigenvalue weighted by Crippen LogP contribution is -2.29. The van der Waals surface area contributed by atoms with Gasteiger partial charge in [0, 0.05) is 6.54 Å². The molecule has 92 valence electrons. The number of carbonyl (C=O) groups is 1. The predicted octanol–water partition coefficient (Wildman–Crippen LogP) is 2.08. The summed E-state index contributed by atoms with van der Waals surface area (Å²) in [5.74, 6) is -0.908. The van der Waals surface area contributed by atoms with E-state index in [-0.39, 0.29) is 11.5 Å². The lowest BCUT2D eigenvalue weighted by atomic mass is 9.90. The maximum absolute atomic E-state index is 14.2. The third kappa shape index (κ3) is 2.47. The van der Waals surface area contributed by atoms with Crippen LogP contribution in [0, 0.1) is 5.82 Å². The minimum atomic E-state index is -0.617. The summed E-state index contributed by atoms with van der Waals surface area (Å²) in [6.45, 7) is 1.75. The van der Waals surface area contributed by atoms with Crippen LogP contribution in [0.4, 0.5) is 4.39 Å². The molecule has 0 spiro atoms. The summed E-state index contributed by atoms with van der Waals surface area (Å²) in [6.07, 6.45) is 1.99. The number of hydrogen-bond donors (Lipinski definition) is 1. The maximum atomic E-state index is 14.2. The Morgan fingerprint density at radius 2 is 2.35 bits per heavy atom. The van der Waals surface area contributed by atoms with Gasteiger partial charge in [-0.25, -0.2) is 9.18 Å². The molecule has 2 rings (SSSR count). The van der Waals surface area contributed by atoms with Crippen LogP contribution in [-0.4, -0.2) is 26.2 Å². The van der Waals surface area contributed by atoms with Crippen LogP contribution in [0.3, 0.4) is 0 Å². The van der Waals surface area contributed by atoms with Crippen molar-refractivity contribution in [3.8, 4) is 0 Å². The number of halogens is 1. The smallest absolute Gasteiger partial charge is 0.340 e. The van der Waals surface area contributed by atoms with Crippen LogP contribution in [0.25, 0.3) is 0 Å². The van der Waals surface area contributed by atoms with E-state index in [9.17, 15) is 9.18 Å². The van der Waals surface area contributed by atoms with E-state index in [1.807, 2.05) is 0 Å². The molecule has 1 aromatic rings. The zero-order valence-corrected chi connectivity index (χ0v) is 9.83. The molecule has 1 aliphatic rings. The number of carbonyl (C=O) groups excluding carboxylic acids is 1.